The lowest BCUT2D eigenvalue weighted by molar-refractivity contribution is -0.0958. The second-order valence-corrected chi connectivity index (χ2v) is 9.72. The van der Waals surface area contributed by atoms with Gasteiger partial charge in [-0.25, -0.2) is 9.18 Å². The van der Waals surface area contributed by atoms with E-state index in [2.05, 4.69) is 0 Å². The van der Waals surface area contributed by atoms with E-state index in [0.717, 1.165) is 22.4 Å². The van der Waals surface area contributed by atoms with Crippen molar-refractivity contribution in [1.29, 1.82) is 0 Å². The first-order chi connectivity index (χ1) is 20.3. The Morgan fingerprint density at radius 3 is 2.00 bits per heavy atom. The standard InChI is InChI=1S/C32H29FN2O7/c1-4-31(33)28(37)26(42-29(31)35-19-18-27(36)34-30(35)38)20-41-32(21-8-6-5-7-9-21,22-10-14-24(39-2)15-11-22)23-12-16-25(40-3)17-13-23/h1,5-19,26,28-29,37H,20H2,2-3H3,(H,34,36,38)/t26-,28-,29-,31-/m1/s1. The van der Waals surface area contributed by atoms with Gasteiger partial charge in [0.05, 0.1) is 20.8 Å². The summed E-state index contributed by atoms with van der Waals surface area (Å²) in [6, 6.07) is 25.0. The zero-order chi connectivity index (χ0) is 29.9. The summed E-state index contributed by atoms with van der Waals surface area (Å²) in [5.41, 5.74) is -3.52. The molecule has 9 nitrogen and oxygen atoms in total. The Labute approximate surface area is 241 Å². The van der Waals surface area contributed by atoms with Crippen molar-refractivity contribution in [3.63, 3.8) is 0 Å². The minimum Gasteiger partial charge on any atom is -0.497 e. The van der Waals surface area contributed by atoms with Crippen LogP contribution in [0.2, 0.25) is 0 Å². The third kappa shape index (κ3) is 4.99. The van der Waals surface area contributed by atoms with E-state index in [-0.39, 0.29) is 6.61 Å². The normalized spacial score (nSPS) is 21.9. The van der Waals surface area contributed by atoms with Gasteiger partial charge >= 0.3 is 5.69 Å². The van der Waals surface area contributed by atoms with Crippen LogP contribution in [0.3, 0.4) is 0 Å². The van der Waals surface area contributed by atoms with E-state index in [0.29, 0.717) is 22.6 Å². The van der Waals surface area contributed by atoms with Gasteiger partial charge in [0.1, 0.15) is 29.3 Å². The molecule has 2 N–H and O–H groups in total. The molecule has 1 fully saturated rings. The molecule has 216 valence electrons. The third-order valence-electron chi connectivity index (χ3n) is 7.41. The zero-order valence-corrected chi connectivity index (χ0v) is 22.9. The summed E-state index contributed by atoms with van der Waals surface area (Å²) in [6.07, 6.45) is 1.70. The maximum atomic E-state index is 16.1. The molecular weight excluding hydrogens is 543 g/mol. The summed E-state index contributed by atoms with van der Waals surface area (Å²) in [4.78, 5) is 26.1. The van der Waals surface area contributed by atoms with Crippen molar-refractivity contribution in [1.82, 2.24) is 9.55 Å². The van der Waals surface area contributed by atoms with Crippen LogP contribution in [-0.2, 0) is 15.1 Å². The fourth-order valence-corrected chi connectivity index (χ4v) is 5.20. The van der Waals surface area contributed by atoms with Crippen LogP contribution in [0.15, 0.2) is 101 Å². The molecule has 1 aliphatic rings. The molecule has 0 radical (unpaired) electrons. The van der Waals surface area contributed by atoms with Gasteiger partial charge in [0.2, 0.25) is 5.67 Å². The molecule has 42 heavy (non-hydrogen) atoms. The molecule has 3 aromatic carbocycles. The van der Waals surface area contributed by atoms with Gasteiger partial charge in [-0.3, -0.25) is 14.3 Å². The summed E-state index contributed by atoms with van der Waals surface area (Å²) >= 11 is 0. The monoisotopic (exact) mass is 572 g/mol. The quantitative estimate of drug-likeness (QED) is 0.234. The van der Waals surface area contributed by atoms with Crippen molar-refractivity contribution < 1.29 is 28.4 Å². The number of aliphatic hydroxyl groups excluding tert-OH is 1. The highest BCUT2D eigenvalue weighted by molar-refractivity contribution is 5.49. The molecule has 4 aromatic rings. The van der Waals surface area contributed by atoms with E-state index in [4.69, 9.17) is 25.4 Å². The van der Waals surface area contributed by atoms with E-state index in [1.807, 2.05) is 65.5 Å². The van der Waals surface area contributed by atoms with Gasteiger partial charge in [-0.1, -0.05) is 60.5 Å². The average Bonchev–Trinajstić information content (AvgIpc) is 3.28. The highest BCUT2D eigenvalue weighted by Gasteiger charge is 2.58. The lowest BCUT2D eigenvalue weighted by Gasteiger charge is -2.37. The number of hydrogen-bond donors (Lipinski definition) is 2. The van der Waals surface area contributed by atoms with Crippen LogP contribution in [0.1, 0.15) is 22.9 Å². The lowest BCUT2D eigenvalue weighted by atomic mass is 9.80. The number of ether oxygens (including phenoxy) is 4. The number of aromatic nitrogens is 2. The van der Waals surface area contributed by atoms with Crippen LogP contribution < -0.4 is 20.7 Å². The summed E-state index contributed by atoms with van der Waals surface area (Å²) < 4.78 is 40.2. The molecule has 0 aliphatic carbocycles. The molecule has 0 amide bonds. The molecule has 5 rings (SSSR count). The number of methoxy groups -OCH3 is 2. The number of aromatic amines is 1. The largest absolute Gasteiger partial charge is 0.497 e. The predicted octanol–water partition coefficient (Wildman–Crippen LogP) is 3.16. The SMILES string of the molecule is C#C[C@@]1(F)[C@H](O)[C@@H](COC(c2ccccc2)(c2ccc(OC)cc2)c2ccc(OC)cc2)O[C@H]1n1ccc(=O)[nH]c1=O. The van der Waals surface area contributed by atoms with Crippen LogP contribution in [0, 0.1) is 12.3 Å². The van der Waals surface area contributed by atoms with E-state index < -0.39 is 41.0 Å². The fourth-order valence-electron chi connectivity index (χ4n) is 5.20. The predicted molar refractivity (Wildman–Crippen MR) is 152 cm³/mol. The van der Waals surface area contributed by atoms with Gasteiger partial charge in [-0.2, -0.15) is 0 Å². The average molecular weight is 573 g/mol. The highest BCUT2D eigenvalue weighted by Crippen LogP contribution is 2.45. The zero-order valence-electron chi connectivity index (χ0n) is 22.9. The number of terminal acetylenes is 1. The first-order valence-corrected chi connectivity index (χ1v) is 13.1. The second-order valence-electron chi connectivity index (χ2n) is 9.72. The molecule has 1 saturated heterocycles. The van der Waals surface area contributed by atoms with Crippen LogP contribution in [0.4, 0.5) is 4.39 Å². The Morgan fingerprint density at radius 2 is 1.50 bits per heavy atom. The number of alkyl halides is 1. The first kappa shape index (κ1) is 28.8. The van der Waals surface area contributed by atoms with Gasteiger partial charge in [-0.15, -0.1) is 6.42 Å². The van der Waals surface area contributed by atoms with Gasteiger partial charge < -0.3 is 24.1 Å². The minimum atomic E-state index is -2.80. The summed E-state index contributed by atoms with van der Waals surface area (Å²) in [5, 5.41) is 11.1. The van der Waals surface area contributed by atoms with E-state index in [1.165, 1.54) is 0 Å². The lowest BCUT2D eigenvalue weighted by Crippen LogP contribution is -2.45. The maximum absolute atomic E-state index is 16.1. The van der Waals surface area contributed by atoms with Gasteiger partial charge in [-0.05, 0) is 41.0 Å². The number of nitrogens with one attached hydrogen (secondary N) is 1. The Balaban J connectivity index is 1.60. The molecule has 0 bridgehead atoms. The van der Waals surface area contributed by atoms with Crippen LogP contribution in [0.25, 0.3) is 0 Å². The Morgan fingerprint density at radius 1 is 0.952 bits per heavy atom. The second kappa shape index (κ2) is 11.7. The van der Waals surface area contributed by atoms with Gasteiger partial charge in [0.25, 0.3) is 5.56 Å². The van der Waals surface area contributed by atoms with Gasteiger partial charge in [0, 0.05) is 12.3 Å². The minimum absolute atomic E-state index is 0.337. The van der Waals surface area contributed by atoms with E-state index in [1.54, 1.807) is 38.5 Å². The number of benzene rings is 3. The molecule has 0 unspecified atom stereocenters. The molecule has 2 heterocycles. The van der Waals surface area contributed by atoms with E-state index in [9.17, 15) is 14.7 Å². The molecule has 10 heteroatoms. The third-order valence-corrected chi connectivity index (χ3v) is 7.41. The molecule has 1 aliphatic heterocycles. The number of aliphatic hydroxyl groups is 1. The van der Waals surface area contributed by atoms with Crippen LogP contribution >= 0.6 is 0 Å². The molecule has 0 saturated carbocycles. The van der Waals surface area contributed by atoms with Crippen LogP contribution in [-0.4, -0.2) is 53.4 Å². The number of rotatable bonds is 9. The number of halogens is 1. The smallest absolute Gasteiger partial charge is 0.330 e. The van der Waals surface area contributed by atoms with Crippen molar-refractivity contribution in [2.75, 3.05) is 20.8 Å². The first-order valence-electron chi connectivity index (χ1n) is 13.1. The Kier molecular flexibility index (Phi) is 8.00. The Bertz CT molecular complexity index is 1630. The van der Waals surface area contributed by atoms with Crippen LogP contribution in [0.5, 0.6) is 11.5 Å². The summed E-state index contributed by atoms with van der Waals surface area (Å²) in [7, 11) is 3.13. The van der Waals surface area contributed by atoms with E-state index >= 15 is 4.39 Å². The summed E-state index contributed by atoms with van der Waals surface area (Å²) in [5.74, 6) is 3.22. The van der Waals surface area contributed by atoms with Crippen molar-refractivity contribution in [3.8, 4) is 23.8 Å². The number of hydrogen-bond acceptors (Lipinski definition) is 7. The van der Waals surface area contributed by atoms with Gasteiger partial charge in [0.15, 0.2) is 6.23 Å². The molecule has 4 atom stereocenters. The van der Waals surface area contributed by atoms with Crippen molar-refractivity contribution in [2.45, 2.75) is 29.7 Å². The molecule has 0 spiro atoms. The fraction of sp³-hybridized carbons (Fsp3) is 0.250. The van der Waals surface area contributed by atoms with Crippen molar-refractivity contribution >= 4 is 0 Å². The highest BCUT2D eigenvalue weighted by atomic mass is 19.1. The molecular formula is C32H29FN2O7. The molecule has 1 aromatic heterocycles. The number of H-pyrrole nitrogens is 1. The van der Waals surface area contributed by atoms with Crippen molar-refractivity contribution in [2.24, 2.45) is 0 Å². The summed E-state index contributed by atoms with van der Waals surface area (Å²) in [6.45, 7) is -0.337. The topological polar surface area (TPSA) is 112 Å². The van der Waals surface area contributed by atoms with Crippen molar-refractivity contribution in [3.05, 3.63) is 129 Å². The Hall–Kier alpha value is -4.69. The maximum Gasteiger partial charge on any atom is 0.330 e. The number of nitrogens with zero attached hydrogens (tertiary/aromatic N) is 1.